The van der Waals surface area contributed by atoms with E-state index in [4.69, 9.17) is 21.0 Å². The van der Waals surface area contributed by atoms with Crippen LogP contribution in [0.1, 0.15) is 35.6 Å². The highest BCUT2D eigenvalue weighted by molar-refractivity contribution is 5.95. The van der Waals surface area contributed by atoms with Crippen LogP contribution in [0.15, 0.2) is 78.9 Å². The molecule has 0 bridgehead atoms. The number of hydrogen-bond donors (Lipinski definition) is 6. The molecule has 0 spiro atoms. The van der Waals surface area contributed by atoms with Crippen LogP contribution in [-0.2, 0) is 29.1 Å². The quantitative estimate of drug-likeness (QED) is 0.131. The number of nitrogens with two attached hydrogens (primary N) is 1. The fourth-order valence-corrected chi connectivity index (χ4v) is 3.91. The summed E-state index contributed by atoms with van der Waals surface area (Å²) in [4.78, 5) is 25.9. The predicted octanol–water partition coefficient (Wildman–Crippen LogP) is 2.25. The summed E-state index contributed by atoms with van der Waals surface area (Å²) in [6.07, 6.45) is 1.26. The van der Waals surface area contributed by atoms with Gasteiger partial charge in [0.2, 0.25) is 11.8 Å². The van der Waals surface area contributed by atoms with Crippen molar-refractivity contribution in [1.82, 2.24) is 16.0 Å². The molecule has 0 saturated carbocycles. The number of hydrogen-bond acceptors (Lipinski definition) is 6. The van der Waals surface area contributed by atoms with Gasteiger partial charge >= 0.3 is 0 Å². The normalized spacial score (nSPS) is 12.3. The third-order valence-electron chi connectivity index (χ3n) is 6.20. The van der Waals surface area contributed by atoms with Crippen molar-refractivity contribution in [2.45, 2.75) is 44.9 Å². The van der Waals surface area contributed by atoms with Gasteiger partial charge in [-0.1, -0.05) is 66.7 Å². The van der Waals surface area contributed by atoms with Crippen molar-refractivity contribution >= 4 is 17.6 Å². The van der Waals surface area contributed by atoms with Crippen LogP contribution in [0.3, 0.4) is 0 Å². The Morgan fingerprint density at radius 3 is 2.18 bits per heavy atom. The Labute approximate surface area is 229 Å². The predicted molar refractivity (Wildman–Crippen MR) is 151 cm³/mol. The Morgan fingerprint density at radius 1 is 0.897 bits per heavy atom. The number of aryl methyl sites for hydroxylation is 1. The van der Waals surface area contributed by atoms with E-state index >= 15 is 0 Å². The summed E-state index contributed by atoms with van der Waals surface area (Å²) < 4.78 is 5.40. The first-order chi connectivity index (χ1) is 18.9. The lowest BCUT2D eigenvalue weighted by molar-refractivity contribution is -0.129. The molecule has 3 rings (SSSR count). The van der Waals surface area contributed by atoms with Gasteiger partial charge in [0.25, 0.3) is 0 Å². The Bertz CT molecular complexity index is 1200. The van der Waals surface area contributed by atoms with E-state index in [0.29, 0.717) is 37.2 Å². The lowest BCUT2D eigenvalue weighted by Crippen LogP contribution is -2.51. The van der Waals surface area contributed by atoms with Gasteiger partial charge in [0.1, 0.15) is 24.2 Å². The molecule has 0 aliphatic carbocycles. The van der Waals surface area contributed by atoms with E-state index in [-0.39, 0.29) is 30.9 Å². The van der Waals surface area contributed by atoms with Crippen LogP contribution in [0.25, 0.3) is 0 Å². The summed E-state index contributed by atoms with van der Waals surface area (Å²) in [5.41, 5.74) is 9.07. The van der Waals surface area contributed by atoms with Crippen molar-refractivity contribution in [3.8, 4) is 5.75 Å². The van der Waals surface area contributed by atoms with Gasteiger partial charge < -0.3 is 31.5 Å². The number of nitrogens with one attached hydrogen (secondary N) is 4. The molecule has 0 unspecified atom stereocenters. The Kier molecular flexibility index (Phi) is 11.5. The fourth-order valence-electron chi connectivity index (χ4n) is 3.91. The van der Waals surface area contributed by atoms with E-state index in [1.54, 1.807) is 31.2 Å². The van der Waals surface area contributed by atoms with E-state index < -0.39 is 12.1 Å². The second-order valence-corrected chi connectivity index (χ2v) is 9.23. The summed E-state index contributed by atoms with van der Waals surface area (Å²) in [5, 5.41) is 25.4. The number of benzene rings is 3. The standard InChI is InChI=1S/C30H37N5O4/c1-21(29(37)34-20-23-7-12-25(13-8-23)28(31)32)35-30(38)27(16-11-22-5-3-2-4-6-22)33-19-24-9-14-26(15-10-24)39-18-17-36/h2-10,12-15,21,27,33,36H,11,16-20H2,1H3,(H3,31,32)(H,34,37)(H,35,38)/t21-,27+/m0/s1. The van der Waals surface area contributed by atoms with Crippen LogP contribution in [0.4, 0.5) is 0 Å². The number of carbonyl (C=O) groups excluding carboxylic acids is 2. The van der Waals surface area contributed by atoms with Crippen LogP contribution >= 0.6 is 0 Å². The van der Waals surface area contributed by atoms with Gasteiger partial charge in [-0.3, -0.25) is 15.0 Å². The van der Waals surface area contributed by atoms with E-state index in [2.05, 4.69) is 16.0 Å². The molecule has 2 amide bonds. The molecule has 0 fully saturated rings. The largest absolute Gasteiger partial charge is 0.491 e. The average molecular weight is 532 g/mol. The highest BCUT2D eigenvalue weighted by atomic mass is 16.5. The summed E-state index contributed by atoms with van der Waals surface area (Å²) in [7, 11) is 0. The molecule has 2 atom stereocenters. The van der Waals surface area contributed by atoms with E-state index in [1.807, 2.05) is 54.6 Å². The van der Waals surface area contributed by atoms with Gasteiger partial charge in [-0.15, -0.1) is 0 Å². The minimum absolute atomic E-state index is 0.0126. The number of aliphatic hydroxyl groups is 1. The molecule has 3 aromatic carbocycles. The average Bonchev–Trinajstić information content (AvgIpc) is 2.96. The third kappa shape index (κ3) is 9.88. The molecule has 9 nitrogen and oxygen atoms in total. The highest BCUT2D eigenvalue weighted by Gasteiger charge is 2.22. The van der Waals surface area contributed by atoms with Gasteiger partial charge in [0.15, 0.2) is 0 Å². The second kappa shape index (κ2) is 15.3. The van der Waals surface area contributed by atoms with Crippen molar-refractivity contribution in [2.75, 3.05) is 13.2 Å². The number of amidine groups is 1. The zero-order chi connectivity index (χ0) is 28.0. The van der Waals surface area contributed by atoms with Crippen molar-refractivity contribution in [3.05, 3.63) is 101 Å². The molecule has 3 aromatic rings. The Balaban J connectivity index is 1.56. The molecule has 39 heavy (non-hydrogen) atoms. The molecule has 206 valence electrons. The monoisotopic (exact) mass is 531 g/mol. The minimum atomic E-state index is -0.724. The number of carbonyl (C=O) groups is 2. The molecular weight excluding hydrogens is 494 g/mol. The van der Waals surface area contributed by atoms with E-state index in [1.165, 1.54) is 0 Å². The maximum Gasteiger partial charge on any atom is 0.242 e. The number of amides is 2. The SMILES string of the molecule is C[C@H](NC(=O)[C@@H](CCc1ccccc1)NCc1ccc(OCCO)cc1)C(=O)NCc1ccc(C(=N)N)cc1. The van der Waals surface area contributed by atoms with Crippen LogP contribution < -0.4 is 26.4 Å². The number of rotatable bonds is 15. The van der Waals surface area contributed by atoms with Gasteiger partial charge in [0.05, 0.1) is 12.6 Å². The van der Waals surface area contributed by atoms with E-state index in [9.17, 15) is 9.59 Å². The first-order valence-corrected chi connectivity index (χ1v) is 13.0. The number of aliphatic hydroxyl groups excluding tert-OH is 1. The molecular formula is C30H37N5O4. The fraction of sp³-hybridized carbons (Fsp3) is 0.300. The second-order valence-electron chi connectivity index (χ2n) is 9.23. The Morgan fingerprint density at radius 2 is 1.54 bits per heavy atom. The summed E-state index contributed by atoms with van der Waals surface area (Å²) in [6, 6.07) is 23.2. The van der Waals surface area contributed by atoms with Crippen molar-refractivity contribution in [2.24, 2.45) is 5.73 Å². The summed E-state index contributed by atoms with van der Waals surface area (Å²) >= 11 is 0. The number of nitrogen functional groups attached to an aromatic ring is 1. The van der Waals surface area contributed by atoms with Crippen molar-refractivity contribution in [1.29, 1.82) is 5.41 Å². The molecule has 0 aliphatic rings. The summed E-state index contributed by atoms with van der Waals surface area (Å²) in [6.45, 7) is 2.60. The van der Waals surface area contributed by atoms with Crippen molar-refractivity contribution < 1.29 is 19.4 Å². The van der Waals surface area contributed by atoms with Crippen LogP contribution in [0, 0.1) is 5.41 Å². The lowest BCUT2D eigenvalue weighted by atomic mass is 10.0. The molecule has 0 heterocycles. The van der Waals surface area contributed by atoms with Crippen LogP contribution in [0.5, 0.6) is 5.75 Å². The van der Waals surface area contributed by atoms with E-state index in [0.717, 1.165) is 16.7 Å². The van der Waals surface area contributed by atoms with Crippen LogP contribution in [-0.4, -0.2) is 48.1 Å². The molecule has 0 aliphatic heterocycles. The van der Waals surface area contributed by atoms with Crippen molar-refractivity contribution in [3.63, 3.8) is 0 Å². The first-order valence-electron chi connectivity index (χ1n) is 13.0. The van der Waals surface area contributed by atoms with Gasteiger partial charge in [-0.25, -0.2) is 0 Å². The highest BCUT2D eigenvalue weighted by Crippen LogP contribution is 2.13. The third-order valence-corrected chi connectivity index (χ3v) is 6.20. The Hall–Kier alpha value is -4.21. The first kappa shape index (κ1) is 29.3. The maximum atomic E-state index is 13.2. The molecule has 7 N–H and O–H groups in total. The van der Waals surface area contributed by atoms with Gasteiger partial charge in [-0.2, -0.15) is 0 Å². The molecule has 0 radical (unpaired) electrons. The number of ether oxygens (including phenoxy) is 1. The van der Waals surface area contributed by atoms with Crippen LogP contribution in [0.2, 0.25) is 0 Å². The summed E-state index contributed by atoms with van der Waals surface area (Å²) in [5.74, 6) is 0.115. The smallest absolute Gasteiger partial charge is 0.242 e. The molecule has 0 aromatic heterocycles. The molecule has 0 saturated heterocycles. The molecule has 9 heteroatoms. The zero-order valence-corrected chi connectivity index (χ0v) is 22.2. The lowest BCUT2D eigenvalue weighted by Gasteiger charge is -2.21. The van der Waals surface area contributed by atoms with Gasteiger partial charge in [0, 0.05) is 18.7 Å². The minimum Gasteiger partial charge on any atom is -0.491 e. The maximum absolute atomic E-state index is 13.2. The topological polar surface area (TPSA) is 150 Å². The zero-order valence-electron chi connectivity index (χ0n) is 22.2. The van der Waals surface area contributed by atoms with Gasteiger partial charge in [-0.05, 0) is 48.6 Å².